The number of aryl methyl sites for hydroxylation is 2. The Morgan fingerprint density at radius 3 is 2.38 bits per heavy atom. The van der Waals surface area contributed by atoms with Crippen molar-refractivity contribution < 1.29 is 4.79 Å². The molecule has 37 heavy (non-hydrogen) atoms. The fraction of sp³-hybridized carbons (Fsp3) is 0.100. The van der Waals surface area contributed by atoms with Crippen molar-refractivity contribution in [2.75, 3.05) is 11.9 Å². The second kappa shape index (κ2) is 11.4. The third kappa shape index (κ3) is 5.29. The van der Waals surface area contributed by atoms with E-state index in [1.54, 1.807) is 0 Å². The first-order chi connectivity index (χ1) is 17.3. The van der Waals surface area contributed by atoms with Crippen LogP contribution in [0, 0.1) is 0 Å². The van der Waals surface area contributed by atoms with E-state index in [4.69, 9.17) is 0 Å². The second-order valence-electron chi connectivity index (χ2n) is 8.67. The zero-order chi connectivity index (χ0) is 23.6. The van der Waals surface area contributed by atoms with Gasteiger partial charge in [0.2, 0.25) is 5.91 Å². The number of hydrogen-bond acceptors (Lipinski definition) is 3. The average molecular weight is 529 g/mol. The standard InChI is InChI=1S/C30H24N4O.2ClH/c35-28-20-32-29(26-16-13-22-8-4-5-9-25(22)30(26)33-28)23-11-14-24(15-12-23)34-19-18-31-27(34)17-10-21-6-2-1-3-7-21;;/h1-9,11-16,18-19H,10,17,20H2,(H,33,35);2*1H. The van der Waals surface area contributed by atoms with E-state index in [-0.39, 0.29) is 37.3 Å². The molecule has 0 bridgehead atoms. The van der Waals surface area contributed by atoms with Gasteiger partial charge in [-0.05, 0) is 29.5 Å². The molecule has 0 saturated heterocycles. The van der Waals surface area contributed by atoms with E-state index in [1.165, 1.54) is 5.56 Å². The minimum absolute atomic E-state index is 0. The Morgan fingerprint density at radius 1 is 0.811 bits per heavy atom. The highest BCUT2D eigenvalue weighted by Gasteiger charge is 2.20. The van der Waals surface area contributed by atoms with Crippen molar-refractivity contribution in [1.29, 1.82) is 0 Å². The highest BCUT2D eigenvalue weighted by atomic mass is 35.5. The molecule has 7 heteroatoms. The van der Waals surface area contributed by atoms with Crippen LogP contribution in [0.1, 0.15) is 22.5 Å². The van der Waals surface area contributed by atoms with E-state index in [0.29, 0.717) is 0 Å². The van der Waals surface area contributed by atoms with Crippen molar-refractivity contribution in [1.82, 2.24) is 9.55 Å². The fourth-order valence-corrected chi connectivity index (χ4v) is 4.70. The number of benzene rings is 4. The van der Waals surface area contributed by atoms with Crippen LogP contribution in [0.25, 0.3) is 16.5 Å². The number of fused-ring (bicyclic) bond motifs is 3. The predicted octanol–water partition coefficient (Wildman–Crippen LogP) is 6.44. The fourth-order valence-electron chi connectivity index (χ4n) is 4.70. The van der Waals surface area contributed by atoms with E-state index in [1.807, 2.05) is 42.7 Å². The third-order valence-electron chi connectivity index (χ3n) is 6.45. The third-order valence-corrected chi connectivity index (χ3v) is 6.45. The van der Waals surface area contributed by atoms with Gasteiger partial charge >= 0.3 is 0 Å². The number of amides is 1. The number of hydrogen-bond donors (Lipinski definition) is 1. The second-order valence-corrected chi connectivity index (χ2v) is 8.67. The Balaban J connectivity index is 0.00000160. The van der Waals surface area contributed by atoms with Crippen LogP contribution in [0.3, 0.4) is 0 Å². The van der Waals surface area contributed by atoms with Gasteiger partial charge in [-0.25, -0.2) is 4.98 Å². The molecule has 1 aliphatic heterocycles. The largest absolute Gasteiger partial charge is 0.323 e. The Labute approximate surface area is 228 Å². The van der Waals surface area contributed by atoms with Crippen molar-refractivity contribution in [2.45, 2.75) is 12.8 Å². The number of nitrogens with one attached hydrogen (secondary N) is 1. The Kier molecular flexibility index (Phi) is 8.07. The first kappa shape index (κ1) is 26.1. The molecule has 1 aliphatic rings. The summed E-state index contributed by atoms with van der Waals surface area (Å²) in [5, 5.41) is 5.18. The van der Waals surface area contributed by atoms with Crippen LogP contribution in [0.15, 0.2) is 108 Å². The Hall–Kier alpha value is -3.93. The minimum atomic E-state index is -0.101. The van der Waals surface area contributed by atoms with Crippen LogP contribution in [0.2, 0.25) is 0 Å². The molecule has 4 aromatic carbocycles. The van der Waals surface area contributed by atoms with Crippen molar-refractivity contribution in [2.24, 2.45) is 4.99 Å². The number of carbonyl (C=O) groups excluding carboxylic acids is 1. The number of anilines is 1. The molecule has 0 aliphatic carbocycles. The van der Waals surface area contributed by atoms with Crippen LogP contribution in [0.5, 0.6) is 0 Å². The highest BCUT2D eigenvalue weighted by Crippen LogP contribution is 2.31. The number of aliphatic imine (C=N–C) groups is 1. The van der Waals surface area contributed by atoms with Gasteiger partial charge in [-0.1, -0.05) is 78.9 Å². The summed E-state index contributed by atoms with van der Waals surface area (Å²) in [6.07, 6.45) is 5.66. The van der Waals surface area contributed by atoms with Gasteiger partial charge in [0.05, 0.1) is 11.4 Å². The lowest BCUT2D eigenvalue weighted by Gasteiger charge is -2.14. The van der Waals surface area contributed by atoms with E-state index >= 15 is 0 Å². The van der Waals surface area contributed by atoms with Gasteiger partial charge in [-0.2, -0.15) is 0 Å². The van der Waals surface area contributed by atoms with Crippen molar-refractivity contribution in [3.63, 3.8) is 0 Å². The van der Waals surface area contributed by atoms with Gasteiger partial charge in [0.1, 0.15) is 12.4 Å². The molecule has 0 fully saturated rings. The molecule has 6 rings (SSSR count). The molecule has 186 valence electrons. The molecule has 1 amide bonds. The van der Waals surface area contributed by atoms with Gasteiger partial charge < -0.3 is 9.88 Å². The lowest BCUT2D eigenvalue weighted by molar-refractivity contribution is -0.114. The molecule has 0 atom stereocenters. The number of rotatable bonds is 5. The molecule has 2 heterocycles. The summed E-state index contributed by atoms with van der Waals surface area (Å²) in [4.78, 5) is 21.7. The Bertz CT molecular complexity index is 1560. The molecular weight excluding hydrogens is 503 g/mol. The molecule has 5 aromatic rings. The van der Waals surface area contributed by atoms with E-state index in [9.17, 15) is 4.79 Å². The lowest BCUT2D eigenvalue weighted by Crippen LogP contribution is -2.13. The average Bonchev–Trinajstić information content (AvgIpc) is 3.31. The topological polar surface area (TPSA) is 59.3 Å². The molecule has 0 unspecified atom stereocenters. The smallest absolute Gasteiger partial charge is 0.246 e. The first-order valence-corrected chi connectivity index (χ1v) is 11.8. The van der Waals surface area contributed by atoms with E-state index < -0.39 is 0 Å². The summed E-state index contributed by atoms with van der Waals surface area (Å²) in [5.74, 6) is 0.927. The quantitative estimate of drug-likeness (QED) is 0.285. The number of halogens is 2. The maximum absolute atomic E-state index is 12.4. The highest BCUT2D eigenvalue weighted by molar-refractivity contribution is 6.23. The van der Waals surface area contributed by atoms with Crippen LogP contribution in [-0.2, 0) is 17.6 Å². The first-order valence-electron chi connectivity index (χ1n) is 11.8. The Morgan fingerprint density at radius 2 is 1.57 bits per heavy atom. The van der Waals surface area contributed by atoms with Gasteiger partial charge in [0, 0.05) is 41.0 Å². The van der Waals surface area contributed by atoms with Gasteiger partial charge in [-0.3, -0.25) is 9.79 Å². The summed E-state index contributed by atoms with van der Waals surface area (Å²) in [6.45, 7) is 0.102. The maximum Gasteiger partial charge on any atom is 0.246 e. The molecule has 1 N–H and O–H groups in total. The van der Waals surface area contributed by atoms with E-state index in [2.05, 4.69) is 80.5 Å². The van der Waals surface area contributed by atoms with Crippen LogP contribution < -0.4 is 5.32 Å². The monoisotopic (exact) mass is 528 g/mol. The minimum Gasteiger partial charge on any atom is -0.323 e. The SMILES string of the molecule is Cl.Cl.O=C1CN=C(c2ccc(-n3ccnc3CCc3ccccc3)cc2)c2ccc3ccccc3c2N1. The number of carbonyl (C=O) groups is 1. The molecule has 5 nitrogen and oxygen atoms in total. The molecule has 1 aromatic heterocycles. The summed E-state index contributed by atoms with van der Waals surface area (Å²) in [7, 11) is 0. The zero-order valence-corrected chi connectivity index (χ0v) is 21.6. The summed E-state index contributed by atoms with van der Waals surface area (Å²) in [5.41, 5.74) is 5.92. The molecule has 0 radical (unpaired) electrons. The van der Waals surface area contributed by atoms with Crippen molar-refractivity contribution in [3.8, 4) is 5.69 Å². The molecular formula is C30H26Cl2N4O. The van der Waals surface area contributed by atoms with Crippen LogP contribution >= 0.6 is 24.8 Å². The number of imidazole rings is 1. The van der Waals surface area contributed by atoms with Crippen molar-refractivity contribution in [3.05, 3.63) is 126 Å². The van der Waals surface area contributed by atoms with Crippen molar-refractivity contribution >= 4 is 52.9 Å². The summed E-state index contributed by atoms with van der Waals surface area (Å²) >= 11 is 0. The van der Waals surface area contributed by atoms with Crippen LogP contribution in [-0.4, -0.2) is 27.7 Å². The normalized spacial score (nSPS) is 12.4. The summed E-state index contributed by atoms with van der Waals surface area (Å²) < 4.78 is 2.13. The van der Waals surface area contributed by atoms with Gasteiger partial charge in [-0.15, -0.1) is 24.8 Å². The number of aromatic nitrogens is 2. The number of nitrogens with zero attached hydrogens (tertiary/aromatic N) is 3. The lowest BCUT2D eigenvalue weighted by atomic mass is 9.96. The summed E-state index contributed by atoms with van der Waals surface area (Å²) in [6, 6.07) is 31.0. The molecule has 0 spiro atoms. The van der Waals surface area contributed by atoms with E-state index in [0.717, 1.165) is 57.7 Å². The molecule has 0 saturated carbocycles. The maximum atomic E-state index is 12.4. The van der Waals surface area contributed by atoms with Gasteiger partial charge in [0.15, 0.2) is 0 Å². The predicted molar refractivity (Wildman–Crippen MR) is 155 cm³/mol. The van der Waals surface area contributed by atoms with Gasteiger partial charge in [0.25, 0.3) is 0 Å². The van der Waals surface area contributed by atoms with Crippen LogP contribution in [0.4, 0.5) is 5.69 Å². The zero-order valence-electron chi connectivity index (χ0n) is 20.0.